The third-order valence-corrected chi connectivity index (χ3v) is 7.58. The topological polar surface area (TPSA) is 130 Å². The predicted octanol–water partition coefficient (Wildman–Crippen LogP) is 3.66. The summed E-state index contributed by atoms with van der Waals surface area (Å²) in [6, 6.07) is 11.7. The van der Waals surface area contributed by atoms with E-state index in [2.05, 4.69) is 10.3 Å². The van der Waals surface area contributed by atoms with E-state index in [-0.39, 0.29) is 43.5 Å². The van der Waals surface area contributed by atoms with Crippen LogP contribution in [0.3, 0.4) is 0 Å². The molecule has 0 saturated carbocycles. The summed E-state index contributed by atoms with van der Waals surface area (Å²) >= 11 is 0. The lowest BCUT2D eigenvalue weighted by Crippen LogP contribution is -2.39. The average molecular weight is 597 g/mol. The highest BCUT2D eigenvalue weighted by Gasteiger charge is 2.38. The van der Waals surface area contributed by atoms with Gasteiger partial charge in [0.15, 0.2) is 17.3 Å². The first kappa shape index (κ1) is 30.7. The van der Waals surface area contributed by atoms with Crippen LogP contribution in [0.15, 0.2) is 54.4 Å². The summed E-state index contributed by atoms with van der Waals surface area (Å²) in [6.45, 7) is 4.45. The van der Waals surface area contributed by atoms with Crippen LogP contribution in [0, 0.1) is 5.92 Å². The molecule has 3 aromatic rings. The number of ether oxygens (including phenoxy) is 7. The number of carbonyl (C=O) groups is 1. The molecule has 11 nitrogen and oxygen atoms in total. The van der Waals surface area contributed by atoms with Crippen molar-refractivity contribution in [3.63, 3.8) is 0 Å². The van der Waals surface area contributed by atoms with E-state index in [4.69, 9.17) is 38.3 Å². The summed E-state index contributed by atoms with van der Waals surface area (Å²) in [6.07, 6.45) is 4.43. The number of aromatic amines is 1. The number of hydrogen-bond acceptors (Lipinski definition) is 9. The maximum absolute atomic E-state index is 13.4. The Labute approximate surface area is 251 Å². The fourth-order valence-corrected chi connectivity index (χ4v) is 5.43. The van der Waals surface area contributed by atoms with Crippen LogP contribution < -0.4 is 19.5 Å². The Balaban J connectivity index is 1.29. The molecule has 1 amide bonds. The van der Waals surface area contributed by atoms with E-state index in [0.717, 1.165) is 27.8 Å². The molecular formula is C32H40N2O9. The number of benzene rings is 2. The van der Waals surface area contributed by atoms with Gasteiger partial charge in [-0.1, -0.05) is 6.07 Å². The van der Waals surface area contributed by atoms with Crippen molar-refractivity contribution in [3.8, 4) is 17.2 Å². The number of H-pyrrole nitrogens is 1. The Morgan fingerprint density at radius 2 is 1.91 bits per heavy atom. The second kappa shape index (κ2) is 15.1. The van der Waals surface area contributed by atoms with Gasteiger partial charge >= 0.3 is 0 Å². The van der Waals surface area contributed by atoms with Gasteiger partial charge in [0.25, 0.3) is 5.91 Å². The molecule has 0 unspecified atom stereocenters. The summed E-state index contributed by atoms with van der Waals surface area (Å²) in [4.78, 5) is 16.7. The lowest BCUT2D eigenvalue weighted by atomic mass is 9.81. The number of methoxy groups -OCH3 is 1. The highest BCUT2D eigenvalue weighted by Crippen LogP contribution is 2.42. The van der Waals surface area contributed by atoms with Crippen molar-refractivity contribution in [2.75, 3.05) is 60.1 Å². The maximum atomic E-state index is 13.4. The SMILES string of the molecule is CCO[C@@H]1OC(C(=O)NCCc2c[nH]c3ccc(OC)cc23)=C[C@H](c2ccc3c(c2)OCO3)[C@H]1CCOCCOCCO. The summed E-state index contributed by atoms with van der Waals surface area (Å²) in [5.74, 6) is 1.73. The molecule has 232 valence electrons. The lowest BCUT2D eigenvalue weighted by molar-refractivity contribution is -0.168. The van der Waals surface area contributed by atoms with Crippen molar-refractivity contribution in [1.82, 2.24) is 10.3 Å². The van der Waals surface area contributed by atoms with E-state index in [1.165, 1.54) is 0 Å². The number of amides is 1. The molecule has 3 N–H and O–H groups in total. The quantitative estimate of drug-likeness (QED) is 0.212. The van der Waals surface area contributed by atoms with Gasteiger partial charge in [-0.2, -0.15) is 0 Å². The molecular weight excluding hydrogens is 556 g/mol. The second-order valence-electron chi connectivity index (χ2n) is 10.2. The van der Waals surface area contributed by atoms with Crippen molar-refractivity contribution < 1.29 is 43.1 Å². The van der Waals surface area contributed by atoms with Gasteiger partial charge < -0.3 is 48.6 Å². The minimum atomic E-state index is -0.651. The van der Waals surface area contributed by atoms with Gasteiger partial charge in [-0.25, -0.2) is 0 Å². The molecule has 5 rings (SSSR count). The average Bonchev–Trinajstić information content (AvgIpc) is 3.67. The number of rotatable bonds is 16. The van der Waals surface area contributed by atoms with Crippen molar-refractivity contribution in [1.29, 1.82) is 0 Å². The van der Waals surface area contributed by atoms with Gasteiger partial charge in [0, 0.05) is 48.7 Å². The largest absolute Gasteiger partial charge is 0.497 e. The maximum Gasteiger partial charge on any atom is 0.286 e. The molecule has 2 aliphatic rings. The number of nitrogens with one attached hydrogen (secondary N) is 2. The van der Waals surface area contributed by atoms with Crippen LogP contribution in [0.4, 0.5) is 0 Å². The molecule has 2 aromatic carbocycles. The van der Waals surface area contributed by atoms with Crippen molar-refractivity contribution in [3.05, 3.63) is 65.6 Å². The van der Waals surface area contributed by atoms with Crippen molar-refractivity contribution in [2.45, 2.75) is 32.0 Å². The first-order chi connectivity index (χ1) is 21.1. The zero-order chi connectivity index (χ0) is 30.0. The van der Waals surface area contributed by atoms with E-state index in [9.17, 15) is 4.79 Å². The minimum absolute atomic E-state index is 0.0207. The van der Waals surface area contributed by atoms with E-state index in [1.54, 1.807) is 7.11 Å². The highest BCUT2D eigenvalue weighted by atomic mass is 16.7. The monoisotopic (exact) mass is 596 g/mol. The molecule has 0 radical (unpaired) electrons. The summed E-state index contributed by atoms with van der Waals surface area (Å²) in [7, 11) is 1.64. The Kier molecular flexibility index (Phi) is 10.8. The van der Waals surface area contributed by atoms with Crippen LogP contribution in [-0.2, 0) is 30.2 Å². The summed E-state index contributed by atoms with van der Waals surface area (Å²) < 4.78 is 39.8. The number of aromatic nitrogens is 1. The minimum Gasteiger partial charge on any atom is -0.497 e. The van der Waals surface area contributed by atoms with Crippen LogP contribution in [0.25, 0.3) is 10.9 Å². The molecule has 11 heteroatoms. The van der Waals surface area contributed by atoms with E-state index >= 15 is 0 Å². The molecule has 2 aliphatic heterocycles. The first-order valence-corrected chi connectivity index (χ1v) is 14.7. The van der Waals surface area contributed by atoms with Crippen molar-refractivity contribution >= 4 is 16.8 Å². The third-order valence-electron chi connectivity index (χ3n) is 7.58. The molecule has 0 saturated heterocycles. The van der Waals surface area contributed by atoms with Crippen LogP contribution >= 0.6 is 0 Å². The molecule has 0 fully saturated rings. The lowest BCUT2D eigenvalue weighted by Gasteiger charge is -2.37. The van der Waals surface area contributed by atoms with Crippen LogP contribution in [-0.4, -0.2) is 82.4 Å². The Hall–Kier alpha value is -3.77. The molecule has 0 spiro atoms. The Bertz CT molecular complexity index is 1390. The summed E-state index contributed by atoms with van der Waals surface area (Å²) in [5.41, 5.74) is 3.06. The standard InChI is InChI=1S/C32H40N2O9/c1-3-40-32-24(9-12-38-14-15-39-13-11-35)25(21-4-7-28-29(16-21)42-20-41-28)18-30(43-32)31(36)33-10-8-22-19-34-27-6-5-23(37-2)17-26(22)27/h4-7,16-19,24-25,32,34-35H,3,8-15,20H2,1-2H3,(H,33,36)/t24-,25-,32-/m1/s1. The zero-order valence-electron chi connectivity index (χ0n) is 24.6. The normalized spacial score (nSPS) is 19.2. The smallest absolute Gasteiger partial charge is 0.286 e. The van der Waals surface area contributed by atoms with E-state index < -0.39 is 6.29 Å². The molecule has 0 bridgehead atoms. The van der Waals surface area contributed by atoms with Gasteiger partial charge in [0.05, 0.1) is 33.5 Å². The second-order valence-corrected chi connectivity index (χ2v) is 10.2. The van der Waals surface area contributed by atoms with Gasteiger partial charge in [0.1, 0.15) is 5.75 Å². The van der Waals surface area contributed by atoms with Gasteiger partial charge in [0.2, 0.25) is 13.1 Å². The highest BCUT2D eigenvalue weighted by molar-refractivity contribution is 5.92. The molecule has 0 aliphatic carbocycles. The fourth-order valence-electron chi connectivity index (χ4n) is 5.43. The van der Waals surface area contributed by atoms with E-state index in [0.29, 0.717) is 57.3 Å². The van der Waals surface area contributed by atoms with Gasteiger partial charge in [-0.15, -0.1) is 0 Å². The predicted molar refractivity (Wildman–Crippen MR) is 158 cm³/mol. The van der Waals surface area contributed by atoms with E-state index in [1.807, 2.05) is 55.6 Å². The number of hydrogen-bond donors (Lipinski definition) is 3. The number of aliphatic hydroxyl groups is 1. The Morgan fingerprint density at radius 1 is 1.07 bits per heavy atom. The number of aliphatic hydroxyl groups excluding tert-OH is 1. The molecule has 3 heterocycles. The third kappa shape index (κ3) is 7.61. The number of allylic oxidation sites excluding steroid dienone is 1. The number of carbonyl (C=O) groups excluding carboxylic acids is 1. The van der Waals surface area contributed by atoms with Crippen LogP contribution in [0.2, 0.25) is 0 Å². The number of fused-ring (bicyclic) bond motifs is 2. The zero-order valence-corrected chi connectivity index (χ0v) is 24.6. The Morgan fingerprint density at radius 3 is 2.72 bits per heavy atom. The molecule has 1 aromatic heterocycles. The molecule has 3 atom stereocenters. The first-order valence-electron chi connectivity index (χ1n) is 14.7. The van der Waals surface area contributed by atoms with Crippen LogP contribution in [0.1, 0.15) is 30.4 Å². The fraction of sp³-hybridized carbons (Fsp3) is 0.469. The van der Waals surface area contributed by atoms with Gasteiger partial charge in [-0.05, 0) is 67.3 Å². The van der Waals surface area contributed by atoms with Crippen molar-refractivity contribution in [2.24, 2.45) is 5.92 Å². The summed E-state index contributed by atoms with van der Waals surface area (Å²) in [5, 5.41) is 13.0. The molecule has 43 heavy (non-hydrogen) atoms. The van der Waals surface area contributed by atoms with Crippen LogP contribution in [0.5, 0.6) is 17.2 Å². The van der Waals surface area contributed by atoms with Gasteiger partial charge in [-0.3, -0.25) is 4.79 Å².